The van der Waals surface area contributed by atoms with Crippen LogP contribution < -0.4 is 15.0 Å². The van der Waals surface area contributed by atoms with Crippen LogP contribution in [0.4, 0.5) is 19.0 Å². The molecule has 0 bridgehead atoms. The zero-order chi connectivity index (χ0) is 23.1. The molecule has 2 aromatic rings. The predicted molar refractivity (Wildman–Crippen MR) is 109 cm³/mol. The standard InChI is InChI=1S/C21H23F3N4O4/c1-14(29)10-17-11-15(4-5-25-17)20(30)26-12-16-2-3-18(32-13-21(22,23)24)27-19(16)28-6-8-31-9-7-28/h2-5,11H,6-10,12-13H2,1H3,(H,26,30). The number of pyridine rings is 2. The number of nitrogens with zero attached hydrogens (tertiary/aromatic N) is 3. The molecule has 0 unspecified atom stereocenters. The fourth-order valence-electron chi connectivity index (χ4n) is 3.13. The Morgan fingerprint density at radius 2 is 1.97 bits per heavy atom. The molecule has 0 atom stereocenters. The van der Waals surface area contributed by atoms with Crippen LogP contribution in [0.25, 0.3) is 0 Å². The Morgan fingerprint density at radius 1 is 1.22 bits per heavy atom. The first-order valence-electron chi connectivity index (χ1n) is 9.96. The molecular weight excluding hydrogens is 429 g/mol. The summed E-state index contributed by atoms with van der Waals surface area (Å²) < 4.78 is 47.6. The van der Waals surface area contributed by atoms with Gasteiger partial charge in [-0.25, -0.2) is 0 Å². The van der Waals surface area contributed by atoms with E-state index in [2.05, 4.69) is 15.3 Å². The van der Waals surface area contributed by atoms with Gasteiger partial charge in [0.15, 0.2) is 6.61 Å². The van der Waals surface area contributed by atoms with Gasteiger partial charge in [-0.05, 0) is 25.1 Å². The Morgan fingerprint density at radius 3 is 2.66 bits per heavy atom. The third-order valence-electron chi connectivity index (χ3n) is 4.57. The molecule has 1 aliphatic rings. The molecule has 2 aromatic heterocycles. The monoisotopic (exact) mass is 452 g/mol. The molecule has 32 heavy (non-hydrogen) atoms. The van der Waals surface area contributed by atoms with Crippen molar-refractivity contribution in [2.24, 2.45) is 0 Å². The average molecular weight is 452 g/mol. The number of morpholine rings is 1. The van der Waals surface area contributed by atoms with E-state index in [9.17, 15) is 22.8 Å². The smallest absolute Gasteiger partial charge is 0.422 e. The summed E-state index contributed by atoms with van der Waals surface area (Å²) in [5, 5.41) is 2.78. The van der Waals surface area contributed by atoms with E-state index in [0.717, 1.165) is 0 Å². The van der Waals surface area contributed by atoms with E-state index in [1.54, 1.807) is 12.1 Å². The third kappa shape index (κ3) is 6.91. The highest BCUT2D eigenvalue weighted by Crippen LogP contribution is 2.24. The van der Waals surface area contributed by atoms with Crippen molar-refractivity contribution in [2.45, 2.75) is 26.1 Å². The number of hydrogen-bond donors (Lipinski definition) is 1. The Kier molecular flexibility index (Phi) is 7.62. The van der Waals surface area contributed by atoms with E-state index in [1.807, 2.05) is 4.90 Å². The first kappa shape index (κ1) is 23.5. The molecule has 1 N–H and O–H groups in total. The second-order valence-electron chi connectivity index (χ2n) is 7.23. The van der Waals surface area contributed by atoms with Crippen LogP contribution in [0.2, 0.25) is 0 Å². The number of ketones is 1. The molecule has 0 aromatic carbocycles. The van der Waals surface area contributed by atoms with Crippen LogP contribution >= 0.6 is 0 Å². The number of halogens is 3. The molecule has 8 nitrogen and oxygen atoms in total. The summed E-state index contributed by atoms with van der Waals surface area (Å²) in [5.74, 6) is -0.159. The number of nitrogens with one attached hydrogen (secondary N) is 1. The molecule has 172 valence electrons. The van der Waals surface area contributed by atoms with Crippen LogP contribution in [0.5, 0.6) is 5.88 Å². The lowest BCUT2D eigenvalue weighted by atomic mass is 10.1. The van der Waals surface area contributed by atoms with Crippen molar-refractivity contribution in [2.75, 3.05) is 37.8 Å². The van der Waals surface area contributed by atoms with Gasteiger partial charge in [-0.1, -0.05) is 0 Å². The molecule has 1 amide bonds. The molecule has 11 heteroatoms. The summed E-state index contributed by atoms with van der Waals surface area (Å²) in [6, 6.07) is 6.01. The van der Waals surface area contributed by atoms with Gasteiger partial charge in [0.05, 0.1) is 13.2 Å². The fraction of sp³-hybridized carbons (Fsp3) is 0.429. The van der Waals surface area contributed by atoms with E-state index >= 15 is 0 Å². The second-order valence-corrected chi connectivity index (χ2v) is 7.23. The number of anilines is 1. The van der Waals surface area contributed by atoms with Crippen LogP contribution in [0.15, 0.2) is 30.5 Å². The van der Waals surface area contributed by atoms with E-state index in [1.165, 1.54) is 25.3 Å². The van der Waals surface area contributed by atoms with Crippen LogP contribution in [0.3, 0.4) is 0 Å². The largest absolute Gasteiger partial charge is 0.468 e. The Bertz CT molecular complexity index is 962. The third-order valence-corrected chi connectivity index (χ3v) is 4.57. The van der Waals surface area contributed by atoms with Gasteiger partial charge in [-0.15, -0.1) is 0 Å². The molecule has 0 spiro atoms. The molecule has 1 saturated heterocycles. The maximum atomic E-state index is 12.6. The highest BCUT2D eigenvalue weighted by Gasteiger charge is 2.29. The second kappa shape index (κ2) is 10.4. The predicted octanol–water partition coefficient (Wildman–Crippen LogP) is 2.32. The molecule has 0 saturated carbocycles. The van der Waals surface area contributed by atoms with Gasteiger partial charge in [0, 0.05) is 55.1 Å². The highest BCUT2D eigenvalue weighted by atomic mass is 19.4. The molecular formula is C21H23F3N4O4. The van der Waals surface area contributed by atoms with Gasteiger partial charge in [0.2, 0.25) is 5.88 Å². The minimum Gasteiger partial charge on any atom is -0.468 e. The van der Waals surface area contributed by atoms with Crippen LogP contribution in [0, 0.1) is 0 Å². The van der Waals surface area contributed by atoms with Gasteiger partial charge >= 0.3 is 6.18 Å². The Labute approximate surface area is 182 Å². The van der Waals surface area contributed by atoms with Gasteiger partial charge in [0.25, 0.3) is 5.91 Å². The van der Waals surface area contributed by atoms with Crippen molar-refractivity contribution in [3.8, 4) is 5.88 Å². The van der Waals surface area contributed by atoms with Gasteiger partial charge < -0.3 is 19.7 Å². The SMILES string of the molecule is CC(=O)Cc1cc(C(=O)NCc2ccc(OCC(F)(F)F)nc2N2CCOCC2)ccn1. The number of carbonyl (C=O) groups is 2. The number of alkyl halides is 3. The summed E-state index contributed by atoms with van der Waals surface area (Å²) in [6.45, 7) is 2.03. The van der Waals surface area contributed by atoms with Crippen LogP contribution in [0.1, 0.15) is 28.5 Å². The maximum Gasteiger partial charge on any atom is 0.422 e. The number of ether oxygens (including phenoxy) is 2. The molecule has 3 rings (SSSR count). The number of hydrogen-bond acceptors (Lipinski definition) is 7. The lowest BCUT2D eigenvalue weighted by Crippen LogP contribution is -2.38. The molecule has 0 radical (unpaired) electrons. The zero-order valence-electron chi connectivity index (χ0n) is 17.4. The first-order valence-corrected chi connectivity index (χ1v) is 9.96. The van der Waals surface area contributed by atoms with E-state index < -0.39 is 12.8 Å². The minimum atomic E-state index is -4.47. The van der Waals surface area contributed by atoms with Crippen molar-refractivity contribution in [1.29, 1.82) is 0 Å². The average Bonchev–Trinajstić information content (AvgIpc) is 2.76. The number of aromatic nitrogens is 2. The molecule has 1 aliphatic heterocycles. The topological polar surface area (TPSA) is 93.7 Å². The number of amides is 1. The summed E-state index contributed by atoms with van der Waals surface area (Å²) in [4.78, 5) is 34.1. The Hall–Kier alpha value is -3.21. The van der Waals surface area contributed by atoms with E-state index in [-0.39, 0.29) is 30.5 Å². The highest BCUT2D eigenvalue weighted by molar-refractivity contribution is 5.94. The molecule has 3 heterocycles. The molecule has 1 fully saturated rings. The zero-order valence-corrected chi connectivity index (χ0v) is 17.4. The van der Waals surface area contributed by atoms with Gasteiger partial charge in [-0.3, -0.25) is 14.6 Å². The quantitative estimate of drug-likeness (QED) is 0.657. The van der Waals surface area contributed by atoms with Crippen LogP contribution in [-0.2, 0) is 22.5 Å². The van der Waals surface area contributed by atoms with E-state index in [0.29, 0.717) is 48.9 Å². The van der Waals surface area contributed by atoms with Gasteiger partial charge in [-0.2, -0.15) is 18.2 Å². The first-order chi connectivity index (χ1) is 15.2. The minimum absolute atomic E-state index is 0.0656. The van der Waals surface area contributed by atoms with E-state index in [4.69, 9.17) is 9.47 Å². The number of Topliss-reactive ketones (excluding diaryl/α,β-unsaturated/α-hetero) is 1. The summed E-state index contributed by atoms with van der Waals surface area (Å²) in [5.41, 5.74) is 1.46. The fourth-order valence-corrected chi connectivity index (χ4v) is 3.13. The summed E-state index contributed by atoms with van der Waals surface area (Å²) >= 11 is 0. The van der Waals surface area contributed by atoms with Crippen LogP contribution in [-0.4, -0.2) is 60.7 Å². The molecule has 0 aliphatic carbocycles. The van der Waals surface area contributed by atoms with Gasteiger partial charge in [0.1, 0.15) is 11.6 Å². The van der Waals surface area contributed by atoms with Crippen molar-refractivity contribution in [1.82, 2.24) is 15.3 Å². The number of carbonyl (C=O) groups excluding carboxylic acids is 2. The van der Waals surface area contributed by atoms with Crippen molar-refractivity contribution in [3.05, 3.63) is 47.3 Å². The Balaban J connectivity index is 1.74. The normalized spacial score (nSPS) is 14.2. The number of rotatable bonds is 8. The lowest BCUT2D eigenvalue weighted by Gasteiger charge is -2.29. The lowest BCUT2D eigenvalue weighted by molar-refractivity contribution is -0.154. The summed E-state index contributed by atoms with van der Waals surface area (Å²) in [6.07, 6.45) is -2.88. The van der Waals surface area contributed by atoms with Crippen molar-refractivity contribution < 1.29 is 32.2 Å². The summed E-state index contributed by atoms with van der Waals surface area (Å²) in [7, 11) is 0. The maximum absolute atomic E-state index is 12.6. The van der Waals surface area contributed by atoms with Crippen molar-refractivity contribution >= 4 is 17.5 Å². The van der Waals surface area contributed by atoms with Crippen molar-refractivity contribution in [3.63, 3.8) is 0 Å².